The number of carbonyl (C=O) groups is 2. The van der Waals surface area contributed by atoms with E-state index in [9.17, 15) is 9.59 Å². The van der Waals surface area contributed by atoms with Gasteiger partial charge in [-0.15, -0.1) is 12.6 Å². The fraction of sp³-hybridized carbons (Fsp3) is 0. The SMILES string of the molecule is O=C1c2ccc(S)cc2C(=O)N1c1ccccc1. The first-order chi connectivity index (χ1) is 8.68. The number of carbonyl (C=O) groups excluding carboxylic acids is 2. The first-order valence-corrected chi connectivity index (χ1v) is 5.90. The van der Waals surface area contributed by atoms with Crippen LogP contribution in [0.2, 0.25) is 0 Å². The summed E-state index contributed by atoms with van der Waals surface area (Å²) in [5, 5.41) is 0. The van der Waals surface area contributed by atoms with Crippen molar-refractivity contribution in [3.8, 4) is 0 Å². The Labute approximate surface area is 109 Å². The van der Waals surface area contributed by atoms with Gasteiger partial charge in [0.05, 0.1) is 16.8 Å². The number of benzene rings is 2. The molecule has 0 aliphatic carbocycles. The van der Waals surface area contributed by atoms with E-state index in [1.165, 1.54) is 4.90 Å². The number of nitrogens with zero attached hydrogens (tertiary/aromatic N) is 1. The van der Waals surface area contributed by atoms with Gasteiger partial charge in [0, 0.05) is 4.90 Å². The molecule has 88 valence electrons. The average Bonchev–Trinajstić information content (AvgIpc) is 2.63. The number of para-hydroxylation sites is 1. The van der Waals surface area contributed by atoms with Crippen molar-refractivity contribution in [2.45, 2.75) is 4.90 Å². The Hall–Kier alpha value is -2.07. The van der Waals surface area contributed by atoms with Gasteiger partial charge in [0.25, 0.3) is 11.8 Å². The minimum Gasteiger partial charge on any atom is -0.268 e. The Morgan fingerprint density at radius 3 is 2.22 bits per heavy atom. The molecule has 0 unspecified atom stereocenters. The van der Waals surface area contributed by atoms with E-state index in [1.54, 1.807) is 42.5 Å². The third-order valence-electron chi connectivity index (χ3n) is 2.88. The smallest absolute Gasteiger partial charge is 0.266 e. The van der Waals surface area contributed by atoms with Gasteiger partial charge in [-0.25, -0.2) is 4.90 Å². The molecule has 1 heterocycles. The highest BCUT2D eigenvalue weighted by Gasteiger charge is 2.36. The van der Waals surface area contributed by atoms with Gasteiger partial charge in [-0.2, -0.15) is 0 Å². The van der Waals surface area contributed by atoms with Gasteiger partial charge in [-0.3, -0.25) is 9.59 Å². The summed E-state index contributed by atoms with van der Waals surface area (Å²) in [5.74, 6) is -0.577. The van der Waals surface area contributed by atoms with Crippen LogP contribution in [0.5, 0.6) is 0 Å². The Balaban J connectivity index is 2.13. The van der Waals surface area contributed by atoms with Gasteiger partial charge in [-0.05, 0) is 30.3 Å². The zero-order chi connectivity index (χ0) is 12.7. The second-order valence-electron chi connectivity index (χ2n) is 4.01. The zero-order valence-electron chi connectivity index (χ0n) is 9.33. The molecule has 18 heavy (non-hydrogen) atoms. The molecule has 0 bridgehead atoms. The van der Waals surface area contributed by atoms with E-state index >= 15 is 0 Å². The molecule has 0 saturated carbocycles. The van der Waals surface area contributed by atoms with Gasteiger partial charge in [-0.1, -0.05) is 18.2 Å². The molecular formula is C14H9NO2S. The number of imide groups is 1. The summed E-state index contributed by atoms with van der Waals surface area (Å²) in [7, 11) is 0. The van der Waals surface area contributed by atoms with Crippen molar-refractivity contribution in [3.63, 3.8) is 0 Å². The lowest BCUT2D eigenvalue weighted by Gasteiger charge is -2.13. The molecule has 1 aliphatic heterocycles. The molecule has 0 aromatic heterocycles. The minimum atomic E-state index is -0.294. The van der Waals surface area contributed by atoms with E-state index < -0.39 is 0 Å². The predicted octanol–water partition coefficient (Wildman–Crippen LogP) is 2.78. The molecule has 1 aliphatic rings. The number of fused-ring (bicyclic) bond motifs is 1. The van der Waals surface area contributed by atoms with E-state index in [1.807, 2.05) is 6.07 Å². The highest BCUT2D eigenvalue weighted by molar-refractivity contribution is 7.80. The number of rotatable bonds is 1. The highest BCUT2D eigenvalue weighted by atomic mass is 32.1. The third-order valence-corrected chi connectivity index (χ3v) is 3.16. The molecule has 0 N–H and O–H groups in total. The normalized spacial score (nSPS) is 13.9. The van der Waals surface area contributed by atoms with E-state index in [4.69, 9.17) is 0 Å². The van der Waals surface area contributed by atoms with Crippen LogP contribution in [0.25, 0.3) is 0 Å². The summed E-state index contributed by atoms with van der Waals surface area (Å²) in [6.45, 7) is 0. The van der Waals surface area contributed by atoms with Crippen molar-refractivity contribution in [2.75, 3.05) is 4.90 Å². The van der Waals surface area contributed by atoms with Crippen molar-refractivity contribution in [1.82, 2.24) is 0 Å². The van der Waals surface area contributed by atoms with Crippen LogP contribution in [-0.4, -0.2) is 11.8 Å². The first-order valence-electron chi connectivity index (χ1n) is 5.45. The van der Waals surface area contributed by atoms with E-state index in [0.29, 0.717) is 21.7 Å². The van der Waals surface area contributed by atoms with Crippen LogP contribution in [0, 0.1) is 0 Å². The Morgan fingerprint density at radius 2 is 1.50 bits per heavy atom. The molecule has 0 spiro atoms. The van der Waals surface area contributed by atoms with E-state index in [-0.39, 0.29) is 11.8 Å². The Bertz CT molecular complexity index is 652. The largest absolute Gasteiger partial charge is 0.268 e. The fourth-order valence-corrected chi connectivity index (χ4v) is 2.24. The van der Waals surface area contributed by atoms with Crippen LogP contribution < -0.4 is 4.90 Å². The maximum atomic E-state index is 12.2. The van der Waals surface area contributed by atoms with E-state index in [2.05, 4.69) is 12.6 Å². The van der Waals surface area contributed by atoms with Gasteiger partial charge < -0.3 is 0 Å². The van der Waals surface area contributed by atoms with Crippen LogP contribution in [0.4, 0.5) is 5.69 Å². The quantitative estimate of drug-likeness (QED) is 0.628. The molecule has 4 heteroatoms. The van der Waals surface area contributed by atoms with Gasteiger partial charge in [0.15, 0.2) is 0 Å². The van der Waals surface area contributed by atoms with Crippen molar-refractivity contribution in [3.05, 3.63) is 59.7 Å². The number of hydrogen-bond acceptors (Lipinski definition) is 3. The summed E-state index contributed by atoms with van der Waals surface area (Å²) < 4.78 is 0. The summed E-state index contributed by atoms with van der Waals surface area (Å²) >= 11 is 4.19. The molecular weight excluding hydrogens is 246 g/mol. The van der Waals surface area contributed by atoms with Crippen molar-refractivity contribution in [1.29, 1.82) is 0 Å². The molecule has 2 aromatic carbocycles. The molecule has 3 nitrogen and oxygen atoms in total. The van der Waals surface area contributed by atoms with Crippen LogP contribution >= 0.6 is 12.6 Å². The molecule has 2 aromatic rings. The van der Waals surface area contributed by atoms with E-state index in [0.717, 1.165) is 0 Å². The van der Waals surface area contributed by atoms with Crippen LogP contribution in [0.15, 0.2) is 53.4 Å². The third kappa shape index (κ3) is 1.54. The number of thiol groups is 1. The van der Waals surface area contributed by atoms with Gasteiger partial charge in [0.1, 0.15) is 0 Å². The van der Waals surface area contributed by atoms with Gasteiger partial charge in [0.2, 0.25) is 0 Å². The maximum absolute atomic E-state index is 12.2. The summed E-state index contributed by atoms with van der Waals surface area (Å²) in [6, 6.07) is 13.9. The average molecular weight is 255 g/mol. The van der Waals surface area contributed by atoms with Gasteiger partial charge >= 0.3 is 0 Å². The van der Waals surface area contributed by atoms with Crippen molar-refractivity contribution < 1.29 is 9.59 Å². The summed E-state index contributed by atoms with van der Waals surface area (Å²) in [6.07, 6.45) is 0. The monoisotopic (exact) mass is 255 g/mol. The van der Waals surface area contributed by atoms with Crippen LogP contribution in [0.1, 0.15) is 20.7 Å². The lowest BCUT2D eigenvalue weighted by atomic mass is 10.1. The van der Waals surface area contributed by atoms with Crippen LogP contribution in [0.3, 0.4) is 0 Å². The summed E-state index contributed by atoms with van der Waals surface area (Å²) in [5.41, 5.74) is 1.43. The first kappa shape index (κ1) is 11.0. The number of hydrogen-bond donors (Lipinski definition) is 1. The number of amides is 2. The maximum Gasteiger partial charge on any atom is 0.266 e. The molecule has 0 atom stereocenters. The zero-order valence-corrected chi connectivity index (χ0v) is 10.2. The lowest BCUT2D eigenvalue weighted by molar-refractivity contribution is 0.0926. The topological polar surface area (TPSA) is 37.4 Å². The second kappa shape index (κ2) is 3.99. The minimum absolute atomic E-state index is 0.283. The molecule has 0 saturated heterocycles. The molecule has 2 amide bonds. The fourth-order valence-electron chi connectivity index (χ4n) is 2.04. The Kier molecular flexibility index (Phi) is 2.45. The standard InChI is InChI=1S/C14H9NO2S/c16-13-11-7-6-10(18)8-12(11)14(17)15(13)9-4-2-1-3-5-9/h1-8,18H. The second-order valence-corrected chi connectivity index (χ2v) is 4.53. The molecule has 0 radical (unpaired) electrons. The summed E-state index contributed by atoms with van der Waals surface area (Å²) in [4.78, 5) is 26.3. The van der Waals surface area contributed by atoms with Crippen molar-refractivity contribution >= 4 is 30.1 Å². The predicted molar refractivity (Wildman–Crippen MR) is 71.3 cm³/mol. The molecule has 3 rings (SSSR count). The molecule has 0 fully saturated rings. The van der Waals surface area contributed by atoms with Crippen molar-refractivity contribution in [2.24, 2.45) is 0 Å². The number of anilines is 1. The van der Waals surface area contributed by atoms with Crippen LogP contribution in [-0.2, 0) is 0 Å². The highest BCUT2D eigenvalue weighted by Crippen LogP contribution is 2.29. The Morgan fingerprint density at radius 1 is 0.833 bits per heavy atom. The lowest BCUT2D eigenvalue weighted by Crippen LogP contribution is -2.29.